The summed E-state index contributed by atoms with van der Waals surface area (Å²) in [5.41, 5.74) is 7.63. The number of rotatable bonds is 3. The lowest BCUT2D eigenvalue weighted by Crippen LogP contribution is -1.88. The van der Waals surface area contributed by atoms with Gasteiger partial charge in [0.05, 0.1) is 0 Å². The predicted octanol–water partition coefficient (Wildman–Crippen LogP) is 13.8. The molecule has 0 fully saturated rings. The maximum atomic E-state index is 2.43. The maximum absolute atomic E-state index is 2.43. The first kappa shape index (κ1) is 25.5. The fourth-order valence-corrected chi connectivity index (χ4v) is 10.5. The van der Waals surface area contributed by atoms with E-state index in [1.807, 2.05) is 34.0 Å². The Balaban J connectivity index is 1.33. The van der Waals surface area contributed by atoms with E-state index >= 15 is 0 Å². The number of hydrogen-bond donors (Lipinski definition) is 0. The molecule has 0 aliphatic rings. The normalized spacial score (nSPS) is 12.0. The Morgan fingerprint density at radius 3 is 0.889 bits per heavy atom. The summed E-state index contributed by atoms with van der Waals surface area (Å²) in [6.45, 7) is 0. The van der Waals surface area contributed by atoms with Crippen LogP contribution in [0.25, 0.3) is 93.9 Å². The zero-order valence-electron chi connectivity index (χ0n) is 24.1. The van der Waals surface area contributed by atoms with Gasteiger partial charge in [-0.3, -0.25) is 0 Å². The molecule has 45 heavy (non-hydrogen) atoms. The lowest BCUT2D eigenvalue weighted by Gasteiger charge is -2.14. The van der Waals surface area contributed by atoms with Crippen LogP contribution in [-0.4, -0.2) is 0 Å². The second-order valence-electron chi connectivity index (χ2n) is 11.6. The van der Waals surface area contributed by atoms with Crippen LogP contribution >= 0.6 is 34.0 Å². The van der Waals surface area contributed by atoms with Crippen molar-refractivity contribution in [1.82, 2.24) is 0 Å². The summed E-state index contributed by atoms with van der Waals surface area (Å²) in [6.07, 6.45) is 0. The molecule has 10 aromatic rings. The van der Waals surface area contributed by atoms with Gasteiger partial charge in [0, 0.05) is 60.5 Å². The zero-order chi connectivity index (χ0) is 29.5. The molecule has 0 amide bonds. The van der Waals surface area contributed by atoms with E-state index in [1.54, 1.807) is 0 Å². The number of fused-ring (bicyclic) bond motifs is 9. The summed E-state index contributed by atoms with van der Waals surface area (Å²) in [6, 6.07) is 54.2. The van der Waals surface area contributed by atoms with Crippen LogP contribution in [0.4, 0.5) is 0 Å². The van der Waals surface area contributed by atoms with Crippen molar-refractivity contribution >= 4 is 94.5 Å². The Bertz CT molecular complexity index is 2450. The molecule has 0 nitrogen and oxygen atoms in total. The van der Waals surface area contributed by atoms with Gasteiger partial charge in [0.15, 0.2) is 0 Å². The standard InChI is InChI=1S/C42H24S3/c1-4-16-34-31(10-1)40-28(13-7-19-37(40)43-34)25-22-26(29-14-8-20-38-41(29)32-11-2-5-17-35(32)44-38)24-27(23-25)30-15-9-21-39-42(30)33-12-3-6-18-36(33)45-39/h1-24H. The molecule has 0 aliphatic carbocycles. The first-order chi connectivity index (χ1) is 22.3. The Morgan fingerprint density at radius 2 is 0.556 bits per heavy atom. The molecule has 210 valence electrons. The third-order valence-electron chi connectivity index (χ3n) is 9.07. The van der Waals surface area contributed by atoms with Crippen LogP contribution in [0.5, 0.6) is 0 Å². The van der Waals surface area contributed by atoms with Crippen molar-refractivity contribution in [2.24, 2.45) is 0 Å². The molecule has 7 aromatic carbocycles. The third kappa shape index (κ3) is 3.88. The van der Waals surface area contributed by atoms with E-state index in [0.29, 0.717) is 0 Å². The molecule has 0 N–H and O–H groups in total. The van der Waals surface area contributed by atoms with Gasteiger partial charge in [-0.15, -0.1) is 34.0 Å². The highest BCUT2D eigenvalue weighted by molar-refractivity contribution is 7.26. The van der Waals surface area contributed by atoms with Gasteiger partial charge in [0.25, 0.3) is 0 Å². The first-order valence-electron chi connectivity index (χ1n) is 15.2. The largest absolute Gasteiger partial charge is 0.135 e. The summed E-state index contributed by atoms with van der Waals surface area (Å²) >= 11 is 5.65. The molecule has 3 heteroatoms. The molecule has 3 heterocycles. The van der Waals surface area contributed by atoms with Crippen LogP contribution < -0.4 is 0 Å². The molecule has 10 rings (SSSR count). The molecule has 0 saturated carbocycles. The highest BCUT2D eigenvalue weighted by Crippen LogP contribution is 2.46. The van der Waals surface area contributed by atoms with E-state index in [2.05, 4.69) is 146 Å². The molecule has 0 radical (unpaired) electrons. The molecule has 0 bridgehead atoms. The minimum absolute atomic E-state index is 1.25. The van der Waals surface area contributed by atoms with Gasteiger partial charge >= 0.3 is 0 Å². The Kier molecular flexibility index (Phi) is 5.59. The molecular formula is C42H24S3. The van der Waals surface area contributed by atoms with Crippen molar-refractivity contribution < 1.29 is 0 Å². The van der Waals surface area contributed by atoms with Gasteiger partial charge in [-0.2, -0.15) is 0 Å². The number of benzene rings is 7. The maximum Gasteiger partial charge on any atom is 0.0361 e. The summed E-state index contributed by atoms with van der Waals surface area (Å²) in [5, 5.41) is 8.03. The average Bonchev–Trinajstić information content (AvgIpc) is 3.79. The Morgan fingerprint density at radius 1 is 0.267 bits per heavy atom. The van der Waals surface area contributed by atoms with Crippen LogP contribution in [0, 0.1) is 0 Å². The SMILES string of the molecule is c1ccc2c(c1)sc1cccc(-c3cc(-c4cccc5sc6ccccc6c45)cc(-c4cccc5sc6ccccc6c45)c3)c12. The summed E-state index contributed by atoms with van der Waals surface area (Å²) < 4.78 is 7.99. The van der Waals surface area contributed by atoms with E-state index in [-0.39, 0.29) is 0 Å². The summed E-state index contributed by atoms with van der Waals surface area (Å²) in [4.78, 5) is 0. The number of hydrogen-bond acceptors (Lipinski definition) is 3. The second-order valence-corrected chi connectivity index (χ2v) is 14.9. The lowest BCUT2D eigenvalue weighted by molar-refractivity contribution is 1.62. The molecular weight excluding hydrogens is 601 g/mol. The van der Waals surface area contributed by atoms with Gasteiger partial charge in [-0.25, -0.2) is 0 Å². The third-order valence-corrected chi connectivity index (χ3v) is 12.5. The molecule has 3 aromatic heterocycles. The average molecular weight is 625 g/mol. The van der Waals surface area contributed by atoms with Crippen molar-refractivity contribution in [3.8, 4) is 33.4 Å². The number of thiophene rings is 3. The van der Waals surface area contributed by atoms with Crippen LogP contribution in [0.3, 0.4) is 0 Å². The first-order valence-corrected chi connectivity index (χ1v) is 17.6. The van der Waals surface area contributed by atoms with E-state index in [4.69, 9.17) is 0 Å². The lowest BCUT2D eigenvalue weighted by atomic mass is 9.89. The van der Waals surface area contributed by atoms with E-state index in [0.717, 1.165) is 0 Å². The summed E-state index contributed by atoms with van der Waals surface area (Å²) in [5.74, 6) is 0. The van der Waals surface area contributed by atoms with Crippen molar-refractivity contribution in [2.75, 3.05) is 0 Å². The van der Waals surface area contributed by atoms with Crippen molar-refractivity contribution in [1.29, 1.82) is 0 Å². The Hall–Kier alpha value is -4.80. The highest BCUT2D eigenvalue weighted by Gasteiger charge is 2.18. The van der Waals surface area contributed by atoms with Crippen LogP contribution in [0.1, 0.15) is 0 Å². The molecule has 0 unspecified atom stereocenters. The van der Waals surface area contributed by atoms with Crippen LogP contribution in [0.15, 0.2) is 146 Å². The van der Waals surface area contributed by atoms with E-state index in [9.17, 15) is 0 Å². The minimum Gasteiger partial charge on any atom is -0.135 e. The fourth-order valence-electron chi connectivity index (χ4n) is 7.14. The molecule has 0 saturated heterocycles. The smallest absolute Gasteiger partial charge is 0.0361 e. The molecule has 0 atom stereocenters. The van der Waals surface area contributed by atoms with Gasteiger partial charge < -0.3 is 0 Å². The summed E-state index contributed by atoms with van der Waals surface area (Å²) in [7, 11) is 0. The molecule has 0 aliphatic heterocycles. The molecule has 0 spiro atoms. The monoisotopic (exact) mass is 624 g/mol. The Labute approximate surface area is 272 Å². The van der Waals surface area contributed by atoms with Gasteiger partial charge in [0.1, 0.15) is 0 Å². The quantitative estimate of drug-likeness (QED) is 0.183. The van der Waals surface area contributed by atoms with Crippen molar-refractivity contribution in [3.63, 3.8) is 0 Å². The van der Waals surface area contributed by atoms with Crippen molar-refractivity contribution in [3.05, 3.63) is 146 Å². The van der Waals surface area contributed by atoms with Crippen molar-refractivity contribution in [2.45, 2.75) is 0 Å². The topological polar surface area (TPSA) is 0 Å². The minimum atomic E-state index is 1.25. The second kappa shape index (κ2) is 9.85. The van der Waals surface area contributed by atoms with Gasteiger partial charge in [0.2, 0.25) is 0 Å². The van der Waals surface area contributed by atoms with Crippen LogP contribution in [0.2, 0.25) is 0 Å². The fraction of sp³-hybridized carbons (Fsp3) is 0. The van der Waals surface area contributed by atoms with E-state index in [1.165, 1.54) is 93.9 Å². The zero-order valence-corrected chi connectivity index (χ0v) is 26.5. The predicted molar refractivity (Wildman–Crippen MR) is 201 cm³/mol. The van der Waals surface area contributed by atoms with Crippen LogP contribution in [-0.2, 0) is 0 Å². The van der Waals surface area contributed by atoms with Gasteiger partial charge in [-0.1, -0.05) is 91.0 Å². The van der Waals surface area contributed by atoms with E-state index < -0.39 is 0 Å². The highest BCUT2D eigenvalue weighted by atomic mass is 32.1. The van der Waals surface area contributed by atoms with Gasteiger partial charge in [-0.05, 0) is 88.0 Å².